The van der Waals surface area contributed by atoms with Gasteiger partial charge in [-0.05, 0) is 12.8 Å². The molecule has 0 saturated carbocycles. The molecule has 2 nitrogen and oxygen atoms in total. The first kappa shape index (κ1) is 20.2. The number of ether oxygens (including phenoxy) is 2. The zero-order valence-electron chi connectivity index (χ0n) is 15.0. The fourth-order valence-corrected chi connectivity index (χ4v) is 3.21. The van der Waals surface area contributed by atoms with E-state index in [9.17, 15) is 0 Å². The van der Waals surface area contributed by atoms with Crippen molar-refractivity contribution in [2.75, 3.05) is 19.1 Å². The molecular weight excluding hydrogens is 355 g/mol. The molecule has 0 atom stereocenters. The summed E-state index contributed by atoms with van der Waals surface area (Å²) in [5.41, 5.74) is 0. The van der Waals surface area contributed by atoms with E-state index in [4.69, 9.17) is 32.7 Å². The highest BCUT2D eigenvalue weighted by molar-refractivity contribution is 6.33. The maximum atomic E-state index is 6.47. The van der Waals surface area contributed by atoms with Gasteiger partial charge in [-0.3, -0.25) is 0 Å². The van der Waals surface area contributed by atoms with Crippen LogP contribution in [0.3, 0.4) is 0 Å². The van der Waals surface area contributed by atoms with Gasteiger partial charge in [-0.15, -0.1) is 11.6 Å². The summed E-state index contributed by atoms with van der Waals surface area (Å²) >= 11 is 12.2. The number of fused-ring (bicyclic) bond motifs is 1. The van der Waals surface area contributed by atoms with Crippen molar-refractivity contribution >= 4 is 34.0 Å². The van der Waals surface area contributed by atoms with Crippen LogP contribution in [0.4, 0.5) is 0 Å². The van der Waals surface area contributed by atoms with E-state index in [0.29, 0.717) is 24.1 Å². The topological polar surface area (TPSA) is 18.5 Å². The zero-order chi connectivity index (χ0) is 17.9. The normalized spacial score (nSPS) is 11.0. The molecule has 0 aliphatic heterocycles. The van der Waals surface area contributed by atoms with E-state index < -0.39 is 0 Å². The van der Waals surface area contributed by atoms with E-state index in [1.165, 1.54) is 32.1 Å². The Morgan fingerprint density at radius 1 is 0.840 bits per heavy atom. The molecule has 0 unspecified atom stereocenters. The summed E-state index contributed by atoms with van der Waals surface area (Å²) in [5, 5.41) is 2.63. The zero-order valence-corrected chi connectivity index (χ0v) is 16.5. The summed E-state index contributed by atoms with van der Waals surface area (Å²) < 4.78 is 11.9. The molecule has 0 amide bonds. The highest BCUT2D eigenvalue weighted by Gasteiger charge is 2.13. The number of rotatable bonds is 12. The highest BCUT2D eigenvalue weighted by atomic mass is 35.5. The molecule has 0 aliphatic carbocycles. The minimum Gasteiger partial charge on any atom is -0.493 e. The molecule has 0 aromatic heterocycles. The van der Waals surface area contributed by atoms with Gasteiger partial charge < -0.3 is 9.47 Å². The molecule has 0 N–H and O–H groups in total. The van der Waals surface area contributed by atoms with Gasteiger partial charge in [0.2, 0.25) is 0 Å². The van der Waals surface area contributed by atoms with Crippen LogP contribution in [-0.4, -0.2) is 19.1 Å². The van der Waals surface area contributed by atoms with E-state index in [2.05, 4.69) is 6.92 Å². The molecule has 2 aromatic rings. The van der Waals surface area contributed by atoms with Crippen molar-refractivity contribution < 1.29 is 9.47 Å². The number of halogens is 2. The summed E-state index contributed by atoms with van der Waals surface area (Å²) in [6.45, 7) is 3.52. The number of hydrogen-bond acceptors (Lipinski definition) is 2. The minimum atomic E-state index is 0.585. The van der Waals surface area contributed by atoms with E-state index >= 15 is 0 Å². The van der Waals surface area contributed by atoms with Crippen molar-refractivity contribution in [1.82, 2.24) is 0 Å². The van der Waals surface area contributed by atoms with Crippen LogP contribution in [0.25, 0.3) is 10.8 Å². The summed E-state index contributed by atoms with van der Waals surface area (Å²) in [5.74, 6) is 2.14. The highest BCUT2D eigenvalue weighted by Crippen LogP contribution is 2.39. The molecule has 4 heteroatoms. The summed E-state index contributed by atoms with van der Waals surface area (Å²) in [4.78, 5) is 0. The van der Waals surface area contributed by atoms with Gasteiger partial charge in [0, 0.05) is 22.7 Å². The maximum absolute atomic E-state index is 6.47. The lowest BCUT2D eigenvalue weighted by molar-refractivity contribution is 0.305. The first-order valence-electron chi connectivity index (χ1n) is 9.30. The Balaban J connectivity index is 2.02. The van der Waals surface area contributed by atoms with Crippen LogP contribution < -0.4 is 9.47 Å². The van der Waals surface area contributed by atoms with Crippen LogP contribution >= 0.6 is 23.2 Å². The van der Waals surface area contributed by atoms with Crippen molar-refractivity contribution in [3.05, 3.63) is 35.4 Å². The molecule has 2 rings (SSSR count). The van der Waals surface area contributed by atoms with Crippen LogP contribution in [0.1, 0.15) is 51.9 Å². The molecule has 138 valence electrons. The monoisotopic (exact) mass is 382 g/mol. The van der Waals surface area contributed by atoms with E-state index in [-0.39, 0.29) is 0 Å². The van der Waals surface area contributed by atoms with Gasteiger partial charge in [-0.1, -0.05) is 74.9 Å². The van der Waals surface area contributed by atoms with E-state index in [0.717, 1.165) is 35.1 Å². The van der Waals surface area contributed by atoms with Crippen molar-refractivity contribution in [3.63, 3.8) is 0 Å². The Morgan fingerprint density at radius 3 is 2.28 bits per heavy atom. The SMILES string of the molecule is CCCCCCCCOc1c(Cl)cc(OCCCCl)c2ccccc12. The third kappa shape index (κ3) is 6.27. The second kappa shape index (κ2) is 11.5. The van der Waals surface area contributed by atoms with Crippen molar-refractivity contribution in [3.8, 4) is 11.5 Å². The third-order valence-corrected chi connectivity index (χ3v) is 4.74. The second-order valence-corrected chi connectivity index (χ2v) is 7.02. The molecular formula is C21H28Cl2O2. The molecule has 0 bridgehead atoms. The quantitative estimate of drug-likeness (QED) is 0.284. The largest absolute Gasteiger partial charge is 0.493 e. The van der Waals surface area contributed by atoms with Gasteiger partial charge >= 0.3 is 0 Å². The standard InChI is InChI=1S/C21H28Cl2O2/c1-2-3-4-5-6-9-14-25-21-18-12-8-7-11-17(18)20(16-19(21)23)24-15-10-13-22/h7-8,11-12,16H,2-6,9-10,13-15H2,1H3. The van der Waals surface area contributed by atoms with Crippen LogP contribution in [0.15, 0.2) is 30.3 Å². The van der Waals surface area contributed by atoms with Crippen LogP contribution in [0.5, 0.6) is 11.5 Å². The van der Waals surface area contributed by atoms with E-state index in [1.54, 1.807) is 0 Å². The summed E-state index contributed by atoms with van der Waals surface area (Å²) in [7, 11) is 0. The molecule has 0 heterocycles. The van der Waals surface area contributed by atoms with Crippen molar-refractivity contribution in [2.24, 2.45) is 0 Å². The first-order valence-corrected chi connectivity index (χ1v) is 10.2. The van der Waals surface area contributed by atoms with Crippen molar-refractivity contribution in [1.29, 1.82) is 0 Å². The number of benzene rings is 2. The fourth-order valence-electron chi connectivity index (χ4n) is 2.84. The Labute approximate surface area is 161 Å². The second-order valence-electron chi connectivity index (χ2n) is 6.24. The molecule has 25 heavy (non-hydrogen) atoms. The molecule has 0 radical (unpaired) electrons. The summed E-state index contributed by atoms with van der Waals surface area (Å²) in [6, 6.07) is 9.93. The summed E-state index contributed by atoms with van der Waals surface area (Å²) in [6.07, 6.45) is 8.26. The lowest BCUT2D eigenvalue weighted by Crippen LogP contribution is -2.01. The number of alkyl halides is 1. The molecule has 2 aromatic carbocycles. The van der Waals surface area contributed by atoms with Gasteiger partial charge in [-0.2, -0.15) is 0 Å². The Bertz CT molecular complexity index is 643. The molecule has 0 aliphatic rings. The Hall–Kier alpha value is -1.12. The smallest absolute Gasteiger partial charge is 0.145 e. The fraction of sp³-hybridized carbons (Fsp3) is 0.524. The number of hydrogen-bond donors (Lipinski definition) is 0. The van der Waals surface area contributed by atoms with E-state index in [1.807, 2.05) is 30.3 Å². The maximum Gasteiger partial charge on any atom is 0.145 e. The molecule has 0 saturated heterocycles. The Morgan fingerprint density at radius 2 is 1.52 bits per heavy atom. The van der Waals surface area contributed by atoms with Crippen LogP contribution in [0.2, 0.25) is 5.02 Å². The van der Waals surface area contributed by atoms with Crippen LogP contribution in [-0.2, 0) is 0 Å². The third-order valence-electron chi connectivity index (χ3n) is 4.19. The van der Waals surface area contributed by atoms with Crippen molar-refractivity contribution in [2.45, 2.75) is 51.9 Å². The minimum absolute atomic E-state index is 0.585. The van der Waals surface area contributed by atoms with Gasteiger partial charge in [0.25, 0.3) is 0 Å². The molecule has 0 spiro atoms. The van der Waals surface area contributed by atoms with Gasteiger partial charge in [0.15, 0.2) is 0 Å². The van der Waals surface area contributed by atoms with Gasteiger partial charge in [-0.25, -0.2) is 0 Å². The molecule has 0 fully saturated rings. The lowest BCUT2D eigenvalue weighted by atomic mass is 10.1. The average molecular weight is 383 g/mol. The predicted octanol–water partition coefficient (Wildman–Crippen LogP) is 7.24. The Kier molecular flexibility index (Phi) is 9.28. The van der Waals surface area contributed by atoms with Gasteiger partial charge in [0.1, 0.15) is 11.5 Å². The van der Waals surface area contributed by atoms with Gasteiger partial charge in [0.05, 0.1) is 18.2 Å². The number of unbranched alkanes of at least 4 members (excludes halogenated alkanes) is 5. The first-order chi connectivity index (χ1) is 12.3. The predicted molar refractivity (Wildman–Crippen MR) is 109 cm³/mol. The lowest BCUT2D eigenvalue weighted by Gasteiger charge is -2.15. The average Bonchev–Trinajstić information content (AvgIpc) is 2.63. The van der Waals surface area contributed by atoms with Crippen LogP contribution in [0, 0.1) is 0 Å².